The fourth-order valence-corrected chi connectivity index (χ4v) is 3.32. The van der Waals surface area contributed by atoms with Crippen molar-refractivity contribution in [1.82, 2.24) is 4.90 Å². The zero-order valence-corrected chi connectivity index (χ0v) is 12.3. The maximum Gasteiger partial charge on any atom is 0.123 e. The van der Waals surface area contributed by atoms with Gasteiger partial charge < -0.3 is 5.73 Å². The van der Waals surface area contributed by atoms with Crippen molar-refractivity contribution in [1.29, 1.82) is 0 Å². The summed E-state index contributed by atoms with van der Waals surface area (Å²) in [7, 11) is 0. The predicted octanol–water partition coefficient (Wildman–Crippen LogP) is 3.92. The molecule has 0 amide bonds. The van der Waals surface area contributed by atoms with Crippen molar-refractivity contribution in [2.45, 2.75) is 32.4 Å². The van der Waals surface area contributed by atoms with Gasteiger partial charge in [-0.05, 0) is 47.7 Å². The molecule has 2 nitrogen and oxygen atoms in total. The number of rotatable bonds is 3. The topological polar surface area (TPSA) is 29.3 Å². The number of benzene rings is 2. The van der Waals surface area contributed by atoms with Crippen molar-refractivity contribution in [2.24, 2.45) is 0 Å². The summed E-state index contributed by atoms with van der Waals surface area (Å²) in [6.45, 7) is 4.09. The molecule has 0 saturated carbocycles. The first-order chi connectivity index (χ1) is 10.2. The summed E-state index contributed by atoms with van der Waals surface area (Å²) in [5.74, 6) is -0.176. The summed E-state index contributed by atoms with van der Waals surface area (Å²) < 4.78 is 13.1. The number of nitrogens with two attached hydrogens (primary N) is 1. The summed E-state index contributed by atoms with van der Waals surface area (Å²) in [5.41, 5.74) is 10.8. The van der Waals surface area contributed by atoms with E-state index in [0.717, 1.165) is 31.6 Å². The molecule has 21 heavy (non-hydrogen) atoms. The Balaban J connectivity index is 1.85. The summed E-state index contributed by atoms with van der Waals surface area (Å²) in [4.78, 5) is 2.47. The zero-order chi connectivity index (χ0) is 14.8. The second-order valence-corrected chi connectivity index (χ2v) is 5.68. The number of hydrogen-bond acceptors (Lipinski definition) is 2. The van der Waals surface area contributed by atoms with Gasteiger partial charge in [0, 0.05) is 24.8 Å². The third-order valence-electron chi connectivity index (χ3n) is 4.41. The monoisotopic (exact) mass is 284 g/mol. The molecule has 1 heterocycles. The molecular weight excluding hydrogens is 263 g/mol. The van der Waals surface area contributed by atoms with E-state index in [1.165, 1.54) is 16.7 Å². The van der Waals surface area contributed by atoms with E-state index in [2.05, 4.69) is 17.9 Å². The van der Waals surface area contributed by atoms with Gasteiger partial charge in [0.2, 0.25) is 0 Å². The van der Waals surface area contributed by atoms with Gasteiger partial charge in [0.15, 0.2) is 0 Å². The normalized spacial score (nSPS) is 16.5. The summed E-state index contributed by atoms with van der Waals surface area (Å²) in [6, 6.07) is 13.4. The molecule has 3 heteroatoms. The molecule has 0 bridgehead atoms. The number of halogens is 1. The van der Waals surface area contributed by atoms with E-state index in [4.69, 9.17) is 5.73 Å². The molecule has 0 fully saturated rings. The van der Waals surface area contributed by atoms with Crippen LogP contribution in [0.25, 0.3) is 0 Å². The lowest BCUT2D eigenvalue weighted by atomic mass is 9.94. The van der Waals surface area contributed by atoms with E-state index < -0.39 is 0 Å². The van der Waals surface area contributed by atoms with E-state index >= 15 is 0 Å². The predicted molar refractivity (Wildman–Crippen MR) is 84.4 cm³/mol. The van der Waals surface area contributed by atoms with Crippen LogP contribution in [0.15, 0.2) is 42.5 Å². The second kappa shape index (κ2) is 5.86. The summed E-state index contributed by atoms with van der Waals surface area (Å²) in [5, 5.41) is 0. The van der Waals surface area contributed by atoms with Crippen LogP contribution in [0.1, 0.15) is 36.1 Å². The Morgan fingerprint density at radius 1 is 1.19 bits per heavy atom. The molecule has 1 aliphatic rings. The van der Waals surface area contributed by atoms with Crippen molar-refractivity contribution in [3.63, 3.8) is 0 Å². The minimum absolute atomic E-state index is 0.176. The van der Waals surface area contributed by atoms with Crippen LogP contribution in [-0.4, -0.2) is 11.4 Å². The molecule has 1 unspecified atom stereocenters. The van der Waals surface area contributed by atoms with Crippen LogP contribution in [0.4, 0.5) is 10.1 Å². The highest BCUT2D eigenvalue weighted by atomic mass is 19.1. The number of anilines is 1. The lowest BCUT2D eigenvalue weighted by Crippen LogP contribution is -2.34. The maximum atomic E-state index is 13.1. The molecule has 2 N–H and O–H groups in total. The quantitative estimate of drug-likeness (QED) is 0.866. The zero-order valence-electron chi connectivity index (χ0n) is 12.3. The molecule has 1 aliphatic heterocycles. The van der Waals surface area contributed by atoms with E-state index in [-0.39, 0.29) is 5.82 Å². The highest BCUT2D eigenvalue weighted by Crippen LogP contribution is 2.31. The van der Waals surface area contributed by atoms with Gasteiger partial charge in [-0.25, -0.2) is 4.39 Å². The van der Waals surface area contributed by atoms with Crippen LogP contribution in [-0.2, 0) is 13.0 Å². The molecule has 2 aromatic rings. The van der Waals surface area contributed by atoms with Gasteiger partial charge in [-0.3, -0.25) is 4.90 Å². The number of fused-ring (bicyclic) bond motifs is 1. The highest BCUT2D eigenvalue weighted by Gasteiger charge is 2.24. The molecule has 3 rings (SSSR count). The van der Waals surface area contributed by atoms with Crippen LogP contribution in [0.3, 0.4) is 0 Å². The van der Waals surface area contributed by atoms with Crippen LogP contribution in [0.2, 0.25) is 0 Å². The molecule has 1 atom stereocenters. The highest BCUT2D eigenvalue weighted by molar-refractivity contribution is 5.52. The van der Waals surface area contributed by atoms with E-state index in [9.17, 15) is 4.39 Å². The molecule has 2 aromatic carbocycles. The van der Waals surface area contributed by atoms with E-state index in [0.29, 0.717) is 6.04 Å². The average Bonchev–Trinajstić information content (AvgIpc) is 2.50. The Kier molecular flexibility index (Phi) is 3.93. The Morgan fingerprint density at radius 2 is 1.95 bits per heavy atom. The minimum atomic E-state index is -0.176. The van der Waals surface area contributed by atoms with Gasteiger partial charge in [0.1, 0.15) is 5.82 Å². The molecular formula is C18H21FN2. The van der Waals surface area contributed by atoms with Crippen molar-refractivity contribution in [2.75, 3.05) is 12.3 Å². The fraction of sp³-hybridized carbons (Fsp3) is 0.333. The van der Waals surface area contributed by atoms with Crippen LogP contribution < -0.4 is 5.73 Å². The molecule has 0 saturated heterocycles. The third kappa shape index (κ3) is 2.79. The Hall–Kier alpha value is -1.87. The SMILES string of the molecule is CCC(c1ccc(F)cc1)N1CCc2c(N)cccc2C1. The fourth-order valence-electron chi connectivity index (χ4n) is 3.32. The van der Waals surface area contributed by atoms with Gasteiger partial charge in [-0.1, -0.05) is 31.2 Å². The Bertz CT molecular complexity index is 622. The lowest BCUT2D eigenvalue weighted by molar-refractivity contribution is 0.174. The number of nitrogen functional groups attached to an aromatic ring is 1. The first kappa shape index (κ1) is 14.1. The maximum absolute atomic E-state index is 13.1. The van der Waals surface area contributed by atoms with Crippen LogP contribution in [0, 0.1) is 5.82 Å². The van der Waals surface area contributed by atoms with E-state index in [1.807, 2.05) is 24.3 Å². The Morgan fingerprint density at radius 3 is 2.67 bits per heavy atom. The third-order valence-corrected chi connectivity index (χ3v) is 4.41. The molecule has 110 valence electrons. The van der Waals surface area contributed by atoms with Gasteiger partial charge in [-0.2, -0.15) is 0 Å². The van der Waals surface area contributed by atoms with Crippen molar-refractivity contribution >= 4 is 5.69 Å². The second-order valence-electron chi connectivity index (χ2n) is 5.68. The van der Waals surface area contributed by atoms with Crippen molar-refractivity contribution in [3.05, 3.63) is 65.0 Å². The van der Waals surface area contributed by atoms with Gasteiger partial charge in [-0.15, -0.1) is 0 Å². The lowest BCUT2D eigenvalue weighted by Gasteiger charge is -2.36. The summed E-state index contributed by atoms with van der Waals surface area (Å²) >= 11 is 0. The number of nitrogens with zero attached hydrogens (tertiary/aromatic N) is 1. The smallest absolute Gasteiger partial charge is 0.123 e. The first-order valence-electron chi connectivity index (χ1n) is 7.54. The van der Waals surface area contributed by atoms with Crippen LogP contribution >= 0.6 is 0 Å². The molecule has 0 spiro atoms. The molecule has 0 aromatic heterocycles. The van der Waals surface area contributed by atoms with Gasteiger partial charge >= 0.3 is 0 Å². The standard InChI is InChI=1S/C18H21FN2/c1-2-18(13-6-8-15(19)9-7-13)21-11-10-16-14(12-21)4-3-5-17(16)20/h3-9,18H,2,10-12,20H2,1H3. The van der Waals surface area contributed by atoms with Crippen molar-refractivity contribution in [3.8, 4) is 0 Å². The largest absolute Gasteiger partial charge is 0.398 e. The molecule has 0 radical (unpaired) electrons. The number of hydrogen-bond donors (Lipinski definition) is 1. The van der Waals surface area contributed by atoms with E-state index in [1.54, 1.807) is 12.1 Å². The summed E-state index contributed by atoms with van der Waals surface area (Å²) in [6.07, 6.45) is 2.00. The van der Waals surface area contributed by atoms with Crippen molar-refractivity contribution < 1.29 is 4.39 Å². The van der Waals surface area contributed by atoms with Crippen LogP contribution in [0.5, 0.6) is 0 Å². The van der Waals surface area contributed by atoms with Gasteiger partial charge in [0.25, 0.3) is 0 Å². The van der Waals surface area contributed by atoms with Gasteiger partial charge in [0.05, 0.1) is 0 Å². The first-order valence-corrected chi connectivity index (χ1v) is 7.54. The Labute approximate surface area is 125 Å². The molecule has 0 aliphatic carbocycles. The average molecular weight is 284 g/mol. The minimum Gasteiger partial charge on any atom is -0.398 e.